The van der Waals surface area contributed by atoms with Crippen LogP contribution < -0.4 is 4.90 Å². The topological polar surface area (TPSA) is 46.6 Å². The second-order valence-electron chi connectivity index (χ2n) is 13.0. The summed E-state index contributed by atoms with van der Waals surface area (Å²) >= 11 is 0. The minimum atomic E-state index is 0.638. The van der Waals surface area contributed by atoms with E-state index in [1.165, 1.54) is 21.8 Å². The molecule has 0 bridgehead atoms. The fourth-order valence-corrected chi connectivity index (χ4v) is 7.38. The van der Waals surface area contributed by atoms with E-state index in [9.17, 15) is 0 Å². The molecule has 51 heavy (non-hydrogen) atoms. The molecule has 0 unspecified atom stereocenters. The van der Waals surface area contributed by atoms with Crippen LogP contribution in [0.3, 0.4) is 0 Å². The van der Waals surface area contributed by atoms with E-state index >= 15 is 0 Å². The monoisotopic (exact) mass is 660 g/mol. The highest BCUT2D eigenvalue weighted by molar-refractivity contribution is 6.09. The summed E-state index contributed by atoms with van der Waals surface area (Å²) in [7, 11) is 0. The Morgan fingerprint density at radius 2 is 1.41 bits per heavy atom. The van der Waals surface area contributed by atoms with Gasteiger partial charge in [-0.3, -0.25) is 14.9 Å². The molecule has 0 saturated heterocycles. The maximum Gasteiger partial charge on any atom is 0.153 e. The first-order valence-electron chi connectivity index (χ1n) is 17.5. The number of aliphatic imine (C=N–C) groups is 1. The third-order valence-corrected chi connectivity index (χ3v) is 9.69. The van der Waals surface area contributed by atoms with Crippen LogP contribution in [-0.2, 0) is 0 Å². The number of hydrogen-bond donors (Lipinski definition) is 0. The highest BCUT2D eigenvalue weighted by Gasteiger charge is 2.19. The molecule has 4 heterocycles. The smallest absolute Gasteiger partial charge is 0.153 e. The van der Waals surface area contributed by atoms with E-state index in [-0.39, 0.29) is 0 Å². The van der Waals surface area contributed by atoms with Crippen molar-refractivity contribution in [3.05, 3.63) is 164 Å². The maximum absolute atomic E-state index is 6.15. The molecular weight excluding hydrogens is 625 g/mol. The lowest BCUT2D eigenvalue weighted by atomic mass is 9.96. The van der Waals surface area contributed by atoms with Crippen molar-refractivity contribution in [1.29, 1.82) is 0 Å². The summed E-state index contributed by atoms with van der Waals surface area (Å²) in [6, 6.07) is 43.3. The number of anilines is 1. The molecule has 5 aromatic carbocycles. The van der Waals surface area contributed by atoms with Gasteiger partial charge in [0.25, 0.3) is 0 Å². The number of rotatable bonds is 6. The number of benzene rings is 5. The van der Waals surface area contributed by atoms with Crippen LogP contribution in [0.5, 0.6) is 0 Å². The van der Waals surface area contributed by atoms with Crippen LogP contribution in [0.2, 0.25) is 0 Å². The summed E-state index contributed by atoms with van der Waals surface area (Å²) in [6.45, 7) is 7.29. The molecule has 1 aliphatic rings. The van der Waals surface area contributed by atoms with Gasteiger partial charge < -0.3 is 8.98 Å². The number of nitrogens with zero attached hydrogens (tertiary/aromatic N) is 4. The molecule has 8 aromatic rings. The van der Waals surface area contributed by atoms with Gasteiger partial charge in [0.1, 0.15) is 16.9 Å². The normalized spacial score (nSPS) is 14.9. The molecule has 0 aliphatic carbocycles. The average Bonchev–Trinajstić information content (AvgIpc) is 3.73. The van der Waals surface area contributed by atoms with Gasteiger partial charge in [-0.05, 0) is 101 Å². The lowest BCUT2D eigenvalue weighted by Gasteiger charge is -2.27. The predicted molar refractivity (Wildman–Crippen MR) is 214 cm³/mol. The molecule has 5 nitrogen and oxygen atoms in total. The SMILES string of the molecule is C=C1/C=C\C=C/CN=C(CCC)N1c1cccc(-c2cc(-c3ccc4oc5cccnc5c4c3)cc(-n3c4ccccc4c4ccccc43)c2)c1. The van der Waals surface area contributed by atoms with Gasteiger partial charge in [0.15, 0.2) is 5.58 Å². The predicted octanol–water partition coefficient (Wildman–Crippen LogP) is 12.1. The quantitative estimate of drug-likeness (QED) is 0.178. The van der Waals surface area contributed by atoms with E-state index < -0.39 is 0 Å². The number of allylic oxidation sites excluding steroid dienone is 3. The van der Waals surface area contributed by atoms with Crippen molar-refractivity contribution in [3.63, 3.8) is 0 Å². The maximum atomic E-state index is 6.15. The fraction of sp³-hybridized carbons (Fsp3) is 0.0870. The molecule has 0 amide bonds. The van der Waals surface area contributed by atoms with Crippen molar-refractivity contribution in [2.24, 2.45) is 4.99 Å². The van der Waals surface area contributed by atoms with Crippen LogP contribution in [0.4, 0.5) is 5.69 Å². The summed E-state index contributed by atoms with van der Waals surface area (Å²) in [5.41, 5.74) is 12.3. The van der Waals surface area contributed by atoms with Crippen LogP contribution in [-0.4, -0.2) is 21.9 Å². The number of amidine groups is 1. The summed E-state index contributed by atoms with van der Waals surface area (Å²) in [5, 5.41) is 3.47. The van der Waals surface area contributed by atoms with Gasteiger partial charge in [-0.1, -0.05) is 86.3 Å². The third kappa shape index (κ3) is 5.44. The third-order valence-electron chi connectivity index (χ3n) is 9.69. The van der Waals surface area contributed by atoms with Crippen molar-refractivity contribution < 1.29 is 4.42 Å². The number of hydrogen-bond acceptors (Lipinski definition) is 4. The van der Waals surface area contributed by atoms with Crippen molar-refractivity contribution in [2.45, 2.75) is 19.8 Å². The minimum absolute atomic E-state index is 0.638. The standard InChI is InChI=1S/C46H36N4O/c1-3-13-45-47-24-10-4-5-14-31(2)49(45)36-16-11-15-32(27-36)34-26-35(33-22-23-43-40(30-33)46-44(51-43)21-12-25-48-46)29-37(28-34)50-41-19-8-6-17-38(41)39-18-7-9-20-42(39)50/h4-12,14-23,25-30H,2-3,13,24H2,1H3/b10-4-,14-5-,47-45?. The number of aromatic nitrogens is 2. The average molecular weight is 661 g/mol. The molecular formula is C46H36N4O. The van der Waals surface area contributed by atoms with Gasteiger partial charge in [0.05, 0.1) is 17.6 Å². The van der Waals surface area contributed by atoms with Crippen LogP contribution >= 0.6 is 0 Å². The van der Waals surface area contributed by atoms with Crippen molar-refractivity contribution in [1.82, 2.24) is 9.55 Å². The molecule has 1 aliphatic heterocycles. The van der Waals surface area contributed by atoms with Crippen LogP contribution in [0, 0.1) is 0 Å². The van der Waals surface area contributed by atoms with E-state index in [2.05, 4.69) is 149 Å². The highest BCUT2D eigenvalue weighted by Crippen LogP contribution is 2.38. The van der Waals surface area contributed by atoms with E-state index in [1.54, 1.807) is 0 Å². The second-order valence-corrected chi connectivity index (χ2v) is 13.0. The molecule has 0 atom stereocenters. The zero-order valence-electron chi connectivity index (χ0n) is 28.5. The lowest BCUT2D eigenvalue weighted by molar-refractivity contribution is 0.668. The van der Waals surface area contributed by atoms with Gasteiger partial charge in [0.2, 0.25) is 0 Å². The molecule has 0 saturated carbocycles. The van der Waals surface area contributed by atoms with Gasteiger partial charge in [-0.25, -0.2) is 0 Å². The zero-order valence-corrected chi connectivity index (χ0v) is 28.5. The largest absolute Gasteiger partial charge is 0.454 e. The van der Waals surface area contributed by atoms with Crippen molar-refractivity contribution in [2.75, 3.05) is 11.4 Å². The number of furan rings is 1. The Balaban J connectivity index is 1.27. The number of para-hydroxylation sites is 2. The fourth-order valence-electron chi connectivity index (χ4n) is 7.38. The van der Waals surface area contributed by atoms with E-state index in [4.69, 9.17) is 9.41 Å². The summed E-state index contributed by atoms with van der Waals surface area (Å²) < 4.78 is 8.54. The Morgan fingerprint density at radius 3 is 2.20 bits per heavy atom. The van der Waals surface area contributed by atoms with E-state index in [1.807, 2.05) is 30.5 Å². The van der Waals surface area contributed by atoms with E-state index in [0.717, 1.165) is 80.1 Å². The second kappa shape index (κ2) is 12.8. The summed E-state index contributed by atoms with van der Waals surface area (Å²) in [4.78, 5) is 11.9. The Hall–Kier alpha value is -6.46. The Labute approximate surface area is 296 Å². The molecule has 0 spiro atoms. The van der Waals surface area contributed by atoms with Gasteiger partial charge in [-0.15, -0.1) is 0 Å². The summed E-state index contributed by atoms with van der Waals surface area (Å²) in [6.07, 6.45) is 11.9. The van der Waals surface area contributed by atoms with Crippen LogP contribution in [0.25, 0.3) is 71.8 Å². The molecule has 9 rings (SSSR count). The number of fused-ring (bicyclic) bond motifs is 6. The van der Waals surface area contributed by atoms with Crippen LogP contribution in [0.1, 0.15) is 19.8 Å². The first kappa shape index (κ1) is 30.6. The highest BCUT2D eigenvalue weighted by atomic mass is 16.3. The summed E-state index contributed by atoms with van der Waals surface area (Å²) in [5.74, 6) is 1.02. The molecule has 246 valence electrons. The Morgan fingerprint density at radius 1 is 0.667 bits per heavy atom. The molecule has 3 aromatic heterocycles. The Bertz CT molecular complexity index is 2670. The van der Waals surface area contributed by atoms with Crippen LogP contribution in [0.15, 0.2) is 174 Å². The van der Waals surface area contributed by atoms with Gasteiger partial charge >= 0.3 is 0 Å². The molecule has 5 heteroatoms. The molecule has 0 N–H and O–H groups in total. The number of pyridine rings is 1. The zero-order chi connectivity index (χ0) is 34.3. The Kier molecular flexibility index (Phi) is 7.66. The molecule has 0 radical (unpaired) electrons. The first-order valence-corrected chi connectivity index (χ1v) is 17.5. The lowest BCUT2D eigenvalue weighted by Crippen LogP contribution is -2.29. The van der Waals surface area contributed by atoms with Crippen molar-refractivity contribution >= 4 is 55.4 Å². The van der Waals surface area contributed by atoms with E-state index in [0.29, 0.717) is 6.54 Å². The van der Waals surface area contributed by atoms with Crippen molar-refractivity contribution in [3.8, 4) is 27.9 Å². The minimum Gasteiger partial charge on any atom is -0.454 e. The van der Waals surface area contributed by atoms with Gasteiger partial charge in [0, 0.05) is 45.8 Å². The van der Waals surface area contributed by atoms with Gasteiger partial charge in [-0.2, -0.15) is 0 Å². The molecule has 0 fully saturated rings. The first-order chi connectivity index (χ1) is 25.2.